The summed E-state index contributed by atoms with van der Waals surface area (Å²) >= 11 is 0. The smallest absolute Gasteiger partial charge is 0.124 e. The molecule has 1 N–H and O–H groups in total. The fourth-order valence-electron chi connectivity index (χ4n) is 3.90. The number of ether oxygens (including phenoxy) is 1. The van der Waals surface area contributed by atoms with E-state index in [-0.39, 0.29) is 6.04 Å². The Balaban J connectivity index is 1.73. The predicted molar refractivity (Wildman–Crippen MR) is 96.7 cm³/mol. The fourth-order valence-corrected chi connectivity index (χ4v) is 3.90. The van der Waals surface area contributed by atoms with E-state index in [4.69, 9.17) is 4.74 Å². The zero-order chi connectivity index (χ0) is 16.4. The maximum Gasteiger partial charge on any atom is 0.124 e. The van der Waals surface area contributed by atoms with Crippen molar-refractivity contribution in [3.8, 4) is 5.75 Å². The van der Waals surface area contributed by atoms with E-state index in [2.05, 4.69) is 36.4 Å². The molecule has 1 fully saturated rings. The SMILES string of the molecule is C=C(C)N(CC1CCCC1)C(=C)C1Cc2c(cccc2OC)N1. The lowest BCUT2D eigenvalue weighted by Crippen LogP contribution is -2.34. The van der Waals surface area contributed by atoms with Gasteiger partial charge >= 0.3 is 0 Å². The molecule has 0 saturated heterocycles. The average Bonchev–Trinajstić information content (AvgIpc) is 3.20. The number of hydrogen-bond acceptors (Lipinski definition) is 3. The molecule has 0 aromatic heterocycles. The highest BCUT2D eigenvalue weighted by molar-refractivity contribution is 5.63. The van der Waals surface area contributed by atoms with Crippen molar-refractivity contribution in [3.63, 3.8) is 0 Å². The minimum atomic E-state index is 0.222. The van der Waals surface area contributed by atoms with Gasteiger partial charge in [0.1, 0.15) is 5.75 Å². The lowest BCUT2D eigenvalue weighted by Gasteiger charge is -2.32. The molecular formula is C20H28N2O. The largest absolute Gasteiger partial charge is 0.496 e. The van der Waals surface area contributed by atoms with Crippen LogP contribution in [0.15, 0.2) is 42.8 Å². The van der Waals surface area contributed by atoms with E-state index in [1.165, 1.54) is 31.2 Å². The minimum Gasteiger partial charge on any atom is -0.496 e. The second-order valence-electron chi connectivity index (χ2n) is 6.88. The average molecular weight is 312 g/mol. The molecule has 1 unspecified atom stereocenters. The van der Waals surface area contributed by atoms with Crippen molar-refractivity contribution in [1.29, 1.82) is 0 Å². The first kappa shape index (κ1) is 16.0. The molecule has 124 valence electrons. The van der Waals surface area contributed by atoms with E-state index >= 15 is 0 Å². The third-order valence-electron chi connectivity index (χ3n) is 5.22. The Bertz CT molecular complexity index is 602. The van der Waals surface area contributed by atoms with Gasteiger partial charge in [-0.3, -0.25) is 0 Å². The van der Waals surface area contributed by atoms with Gasteiger partial charge in [0.25, 0.3) is 0 Å². The van der Waals surface area contributed by atoms with Crippen LogP contribution in [-0.2, 0) is 6.42 Å². The Labute approximate surface area is 140 Å². The molecule has 3 nitrogen and oxygen atoms in total. The highest BCUT2D eigenvalue weighted by Crippen LogP contribution is 2.37. The molecular weight excluding hydrogens is 284 g/mol. The summed E-state index contributed by atoms with van der Waals surface area (Å²) in [5.74, 6) is 1.74. The van der Waals surface area contributed by atoms with Crippen molar-refractivity contribution in [1.82, 2.24) is 4.90 Å². The monoisotopic (exact) mass is 312 g/mol. The number of methoxy groups -OCH3 is 1. The van der Waals surface area contributed by atoms with Gasteiger partial charge in [0.2, 0.25) is 0 Å². The maximum absolute atomic E-state index is 5.50. The topological polar surface area (TPSA) is 24.5 Å². The van der Waals surface area contributed by atoms with Gasteiger partial charge < -0.3 is 15.0 Å². The lowest BCUT2D eigenvalue weighted by atomic mass is 10.0. The molecule has 0 spiro atoms. The van der Waals surface area contributed by atoms with Crippen LogP contribution in [0.1, 0.15) is 38.2 Å². The Hall–Kier alpha value is -1.90. The van der Waals surface area contributed by atoms with Crippen molar-refractivity contribution in [2.75, 3.05) is 19.0 Å². The second kappa shape index (κ2) is 6.69. The van der Waals surface area contributed by atoms with E-state index in [9.17, 15) is 0 Å². The van der Waals surface area contributed by atoms with Crippen molar-refractivity contribution >= 4 is 5.69 Å². The molecule has 3 rings (SSSR count). The standard InChI is InChI=1S/C20H28N2O/c1-14(2)22(13-16-8-5-6-9-16)15(3)19-12-17-18(21-19)10-7-11-20(17)23-4/h7,10-11,16,19,21H,1,3,5-6,8-9,12-13H2,2,4H3. The molecule has 1 saturated carbocycles. The van der Waals surface area contributed by atoms with Gasteiger partial charge in [0, 0.05) is 35.6 Å². The summed E-state index contributed by atoms with van der Waals surface area (Å²) in [6.07, 6.45) is 6.33. The van der Waals surface area contributed by atoms with Gasteiger partial charge in [-0.2, -0.15) is 0 Å². The van der Waals surface area contributed by atoms with Gasteiger partial charge in [-0.05, 0) is 37.8 Å². The third kappa shape index (κ3) is 3.24. The Morgan fingerprint density at radius 2 is 2.04 bits per heavy atom. The Morgan fingerprint density at radius 1 is 1.30 bits per heavy atom. The molecule has 3 heteroatoms. The Morgan fingerprint density at radius 3 is 2.70 bits per heavy atom. The molecule has 1 heterocycles. The van der Waals surface area contributed by atoms with E-state index in [1.807, 2.05) is 12.1 Å². The number of nitrogens with one attached hydrogen (secondary N) is 1. The predicted octanol–water partition coefficient (Wildman–Crippen LogP) is 4.57. The summed E-state index contributed by atoms with van der Waals surface area (Å²) in [4.78, 5) is 2.33. The first-order chi connectivity index (χ1) is 11.1. The van der Waals surface area contributed by atoms with E-state index in [0.29, 0.717) is 0 Å². The number of nitrogens with zero attached hydrogens (tertiary/aromatic N) is 1. The second-order valence-corrected chi connectivity index (χ2v) is 6.88. The molecule has 1 aliphatic heterocycles. The minimum absolute atomic E-state index is 0.222. The Kier molecular flexibility index (Phi) is 4.65. The lowest BCUT2D eigenvalue weighted by molar-refractivity contribution is 0.331. The van der Waals surface area contributed by atoms with E-state index < -0.39 is 0 Å². The summed E-state index contributed by atoms with van der Waals surface area (Å²) in [6.45, 7) is 11.7. The molecule has 1 aromatic carbocycles. The van der Waals surface area contributed by atoms with E-state index in [0.717, 1.165) is 41.7 Å². The first-order valence-corrected chi connectivity index (χ1v) is 8.64. The summed E-state index contributed by atoms with van der Waals surface area (Å²) in [6, 6.07) is 6.40. The fraction of sp³-hybridized carbons (Fsp3) is 0.500. The molecule has 0 amide bonds. The quantitative estimate of drug-likeness (QED) is 0.832. The van der Waals surface area contributed by atoms with Gasteiger partial charge in [-0.25, -0.2) is 0 Å². The van der Waals surface area contributed by atoms with Crippen molar-refractivity contribution in [3.05, 3.63) is 48.3 Å². The first-order valence-electron chi connectivity index (χ1n) is 8.64. The van der Waals surface area contributed by atoms with Gasteiger partial charge in [0.15, 0.2) is 0 Å². The van der Waals surface area contributed by atoms with Crippen LogP contribution >= 0.6 is 0 Å². The summed E-state index contributed by atoms with van der Waals surface area (Å²) in [7, 11) is 1.73. The van der Waals surface area contributed by atoms with Crippen molar-refractivity contribution in [2.24, 2.45) is 5.92 Å². The zero-order valence-electron chi connectivity index (χ0n) is 14.4. The summed E-state index contributed by atoms with van der Waals surface area (Å²) in [5.41, 5.74) is 4.64. The van der Waals surface area contributed by atoms with Crippen LogP contribution in [-0.4, -0.2) is 24.6 Å². The van der Waals surface area contributed by atoms with E-state index in [1.54, 1.807) is 7.11 Å². The molecule has 1 aromatic rings. The number of rotatable bonds is 6. The van der Waals surface area contributed by atoms with Crippen molar-refractivity contribution < 1.29 is 4.74 Å². The highest BCUT2D eigenvalue weighted by atomic mass is 16.5. The number of allylic oxidation sites excluding steroid dienone is 1. The number of fused-ring (bicyclic) bond motifs is 1. The zero-order valence-corrected chi connectivity index (χ0v) is 14.4. The van der Waals surface area contributed by atoms with Crippen LogP contribution in [0, 0.1) is 5.92 Å². The van der Waals surface area contributed by atoms with Gasteiger partial charge in [-0.15, -0.1) is 0 Å². The third-order valence-corrected chi connectivity index (χ3v) is 5.22. The van der Waals surface area contributed by atoms with Crippen LogP contribution in [0.3, 0.4) is 0 Å². The van der Waals surface area contributed by atoms with Crippen molar-refractivity contribution in [2.45, 2.75) is 45.1 Å². The summed E-state index contributed by atoms with van der Waals surface area (Å²) < 4.78 is 5.50. The molecule has 1 atom stereocenters. The van der Waals surface area contributed by atoms with Gasteiger partial charge in [0.05, 0.1) is 13.2 Å². The van der Waals surface area contributed by atoms with Crippen LogP contribution in [0.5, 0.6) is 5.75 Å². The molecule has 0 radical (unpaired) electrons. The van der Waals surface area contributed by atoms with Crippen LogP contribution in [0.2, 0.25) is 0 Å². The number of benzene rings is 1. The molecule has 1 aliphatic carbocycles. The maximum atomic E-state index is 5.50. The van der Waals surface area contributed by atoms with Gasteiger partial charge in [-0.1, -0.05) is 32.1 Å². The number of hydrogen-bond donors (Lipinski definition) is 1. The molecule has 2 aliphatic rings. The van der Waals surface area contributed by atoms with Crippen LogP contribution in [0.25, 0.3) is 0 Å². The number of anilines is 1. The van der Waals surface area contributed by atoms with Crippen LogP contribution in [0.4, 0.5) is 5.69 Å². The summed E-state index contributed by atoms with van der Waals surface area (Å²) in [5, 5.41) is 3.61. The highest BCUT2D eigenvalue weighted by Gasteiger charge is 2.29. The molecule has 0 bridgehead atoms. The van der Waals surface area contributed by atoms with Crippen LogP contribution < -0.4 is 10.1 Å². The normalized spacial score (nSPS) is 20.0. The molecule has 23 heavy (non-hydrogen) atoms.